The van der Waals surface area contributed by atoms with Crippen LogP contribution in [0.1, 0.15) is 20.8 Å². The van der Waals surface area contributed by atoms with Crippen LogP contribution in [-0.4, -0.2) is 13.1 Å². The van der Waals surface area contributed by atoms with E-state index in [0.29, 0.717) is 0 Å². The quantitative estimate of drug-likeness (QED) is 0.579. The maximum Gasteiger partial charge on any atom is 0.0162 e. The fourth-order valence-corrected chi connectivity index (χ4v) is 0.470. The Morgan fingerprint density at radius 2 is 1.25 bits per heavy atom. The average molecular weight is 169 g/mol. The molecule has 1 aliphatic rings. The van der Waals surface area contributed by atoms with Gasteiger partial charge < -0.3 is 11.5 Å². The lowest BCUT2D eigenvalue weighted by atomic mass is 10.2. The fourth-order valence-electron chi connectivity index (χ4n) is 0.470. The summed E-state index contributed by atoms with van der Waals surface area (Å²) in [7, 11) is 0. The summed E-state index contributed by atoms with van der Waals surface area (Å²) in [6.07, 6.45) is 8.24. The summed E-state index contributed by atoms with van der Waals surface area (Å²) >= 11 is 0. The van der Waals surface area contributed by atoms with Crippen LogP contribution in [0.5, 0.6) is 0 Å². The first-order valence-corrected chi connectivity index (χ1v) is 4.31. The maximum atomic E-state index is 4.85. The van der Waals surface area contributed by atoms with Crippen LogP contribution in [-0.2, 0) is 0 Å². The summed E-state index contributed by atoms with van der Waals surface area (Å²) in [5, 5.41) is 0. The number of nitrogens with two attached hydrogens (primary N) is 2. The van der Waals surface area contributed by atoms with Gasteiger partial charge in [-0.15, -0.1) is 0 Å². The highest BCUT2D eigenvalue weighted by atomic mass is 14.5. The Balaban J connectivity index is 0. The van der Waals surface area contributed by atoms with Crippen LogP contribution in [0.3, 0.4) is 0 Å². The minimum Gasteiger partial charge on any atom is -0.331 e. The van der Waals surface area contributed by atoms with E-state index in [1.807, 2.05) is 26.0 Å². The molecule has 0 saturated carbocycles. The molecular weight excluding hydrogens is 148 g/mol. The SMILES string of the molecule is CCN.CCN.C[C]1C=CC=C1. The van der Waals surface area contributed by atoms with Crippen molar-refractivity contribution in [2.75, 3.05) is 13.1 Å². The van der Waals surface area contributed by atoms with Gasteiger partial charge in [0.05, 0.1) is 0 Å². The molecule has 0 aromatic carbocycles. The highest BCUT2D eigenvalue weighted by Crippen LogP contribution is 2.07. The zero-order valence-corrected chi connectivity index (χ0v) is 8.38. The van der Waals surface area contributed by atoms with E-state index in [1.165, 1.54) is 5.92 Å². The molecule has 12 heavy (non-hydrogen) atoms. The molecule has 1 rings (SSSR count). The standard InChI is InChI=1S/C6H7.2C2H7N/c1-6-4-2-3-5-6;2*1-2-3/h2-5H,1H3;2*2-3H2,1H3. The fraction of sp³-hybridized carbons (Fsp3) is 0.500. The van der Waals surface area contributed by atoms with Crippen LogP contribution in [0.15, 0.2) is 24.3 Å². The molecular formula is C10H21N2. The normalized spacial score (nSPS) is 13.1. The summed E-state index contributed by atoms with van der Waals surface area (Å²) < 4.78 is 0. The summed E-state index contributed by atoms with van der Waals surface area (Å²) in [5.41, 5.74) is 9.69. The highest BCUT2D eigenvalue weighted by molar-refractivity contribution is 5.31. The van der Waals surface area contributed by atoms with Gasteiger partial charge in [-0.25, -0.2) is 0 Å². The molecule has 0 heterocycles. The van der Waals surface area contributed by atoms with Gasteiger partial charge in [0.15, 0.2) is 0 Å². The molecule has 0 atom stereocenters. The first kappa shape index (κ1) is 14.0. The van der Waals surface area contributed by atoms with Crippen molar-refractivity contribution in [1.29, 1.82) is 0 Å². The molecule has 0 unspecified atom stereocenters. The van der Waals surface area contributed by atoms with Crippen LogP contribution in [0.2, 0.25) is 0 Å². The third-order valence-corrected chi connectivity index (χ3v) is 0.829. The van der Waals surface area contributed by atoms with E-state index in [2.05, 4.69) is 19.1 Å². The van der Waals surface area contributed by atoms with Crippen LogP contribution >= 0.6 is 0 Å². The van der Waals surface area contributed by atoms with Gasteiger partial charge in [-0.3, -0.25) is 0 Å². The van der Waals surface area contributed by atoms with Gasteiger partial charge in [0.25, 0.3) is 0 Å². The van der Waals surface area contributed by atoms with Crippen LogP contribution < -0.4 is 11.5 Å². The summed E-state index contributed by atoms with van der Waals surface area (Å²) in [6.45, 7) is 7.39. The Labute approximate surface area is 76.3 Å². The van der Waals surface area contributed by atoms with E-state index in [-0.39, 0.29) is 0 Å². The molecule has 71 valence electrons. The topological polar surface area (TPSA) is 52.0 Å². The van der Waals surface area contributed by atoms with E-state index in [0.717, 1.165) is 13.1 Å². The lowest BCUT2D eigenvalue weighted by Gasteiger charge is -1.82. The van der Waals surface area contributed by atoms with E-state index in [9.17, 15) is 0 Å². The Hall–Kier alpha value is -0.600. The van der Waals surface area contributed by atoms with E-state index in [1.54, 1.807) is 0 Å². The van der Waals surface area contributed by atoms with Crippen LogP contribution in [0, 0.1) is 5.92 Å². The number of hydrogen-bond donors (Lipinski definition) is 2. The molecule has 0 aliphatic heterocycles. The lowest BCUT2D eigenvalue weighted by molar-refractivity contribution is 1.14. The maximum absolute atomic E-state index is 4.85. The molecule has 0 saturated heterocycles. The first-order valence-electron chi connectivity index (χ1n) is 4.31. The zero-order chi connectivity index (χ0) is 9.82. The van der Waals surface area contributed by atoms with Crippen molar-refractivity contribution in [3.63, 3.8) is 0 Å². The highest BCUT2D eigenvalue weighted by Gasteiger charge is 1.90. The third-order valence-electron chi connectivity index (χ3n) is 0.829. The Kier molecular flexibility index (Phi) is 15.1. The molecule has 0 bridgehead atoms. The Morgan fingerprint density at radius 3 is 1.33 bits per heavy atom. The number of allylic oxidation sites excluding steroid dienone is 4. The van der Waals surface area contributed by atoms with Crippen molar-refractivity contribution < 1.29 is 0 Å². The molecule has 0 aromatic heterocycles. The molecule has 0 aromatic rings. The van der Waals surface area contributed by atoms with Gasteiger partial charge in [-0.05, 0) is 13.1 Å². The Bertz CT molecular complexity index is 103. The molecule has 0 amide bonds. The van der Waals surface area contributed by atoms with Crippen LogP contribution in [0.25, 0.3) is 0 Å². The van der Waals surface area contributed by atoms with Gasteiger partial charge in [0.2, 0.25) is 0 Å². The summed E-state index contributed by atoms with van der Waals surface area (Å²) in [4.78, 5) is 0. The summed E-state index contributed by atoms with van der Waals surface area (Å²) in [6, 6.07) is 0. The molecule has 0 spiro atoms. The van der Waals surface area contributed by atoms with Crippen molar-refractivity contribution in [1.82, 2.24) is 0 Å². The monoisotopic (exact) mass is 169 g/mol. The molecule has 1 radical (unpaired) electrons. The van der Waals surface area contributed by atoms with Crippen LogP contribution in [0.4, 0.5) is 0 Å². The Morgan fingerprint density at radius 1 is 1.00 bits per heavy atom. The van der Waals surface area contributed by atoms with E-state index >= 15 is 0 Å². The van der Waals surface area contributed by atoms with Crippen molar-refractivity contribution in [2.24, 2.45) is 11.5 Å². The number of hydrogen-bond acceptors (Lipinski definition) is 2. The van der Waals surface area contributed by atoms with Gasteiger partial charge in [0.1, 0.15) is 0 Å². The van der Waals surface area contributed by atoms with Gasteiger partial charge in [-0.2, -0.15) is 0 Å². The van der Waals surface area contributed by atoms with Crippen molar-refractivity contribution in [3.05, 3.63) is 30.2 Å². The van der Waals surface area contributed by atoms with Crippen molar-refractivity contribution in [3.8, 4) is 0 Å². The second kappa shape index (κ2) is 13.0. The largest absolute Gasteiger partial charge is 0.331 e. The number of rotatable bonds is 0. The smallest absolute Gasteiger partial charge is 0.0162 e. The summed E-state index contributed by atoms with van der Waals surface area (Å²) in [5.74, 6) is 1.34. The van der Waals surface area contributed by atoms with Crippen molar-refractivity contribution in [2.45, 2.75) is 20.8 Å². The van der Waals surface area contributed by atoms with Crippen molar-refractivity contribution >= 4 is 0 Å². The first-order chi connectivity index (χ1) is 5.72. The predicted molar refractivity (Wildman–Crippen MR) is 56.7 cm³/mol. The zero-order valence-electron chi connectivity index (χ0n) is 8.38. The molecule has 2 heteroatoms. The average Bonchev–Trinajstić information content (AvgIpc) is 2.43. The molecule has 2 nitrogen and oxygen atoms in total. The second-order valence-corrected chi connectivity index (χ2v) is 2.28. The minimum absolute atomic E-state index is 0.750. The predicted octanol–water partition coefficient (Wildman–Crippen LogP) is 1.64. The van der Waals surface area contributed by atoms with Gasteiger partial charge in [0, 0.05) is 5.92 Å². The molecule has 4 N–H and O–H groups in total. The lowest BCUT2D eigenvalue weighted by Crippen LogP contribution is -1.87. The third kappa shape index (κ3) is 16.2. The second-order valence-electron chi connectivity index (χ2n) is 2.28. The minimum atomic E-state index is 0.750. The molecule has 1 aliphatic carbocycles. The molecule has 0 fully saturated rings. The van der Waals surface area contributed by atoms with Gasteiger partial charge in [-0.1, -0.05) is 45.1 Å². The van der Waals surface area contributed by atoms with E-state index < -0.39 is 0 Å². The van der Waals surface area contributed by atoms with Gasteiger partial charge >= 0.3 is 0 Å². The van der Waals surface area contributed by atoms with E-state index in [4.69, 9.17) is 11.5 Å².